The predicted molar refractivity (Wildman–Crippen MR) is 76.4 cm³/mol. The molecule has 0 aliphatic rings. The highest BCUT2D eigenvalue weighted by molar-refractivity contribution is 6.00. The number of rotatable bonds is 5. The number of ether oxygens (including phenoxy) is 1. The van der Waals surface area contributed by atoms with Crippen LogP contribution in [0.15, 0.2) is 24.4 Å². The molecule has 0 saturated heterocycles. The lowest BCUT2D eigenvalue weighted by Gasteiger charge is -2.17. The maximum atomic E-state index is 14.1. The average molecular weight is 263 g/mol. The Balaban J connectivity index is 2.51. The van der Waals surface area contributed by atoms with Gasteiger partial charge in [-0.2, -0.15) is 0 Å². The second-order valence-electron chi connectivity index (χ2n) is 4.47. The van der Waals surface area contributed by atoms with Crippen LogP contribution in [0.3, 0.4) is 0 Å². The first-order valence-electron chi connectivity index (χ1n) is 6.12. The minimum absolute atomic E-state index is 0.247. The molecule has 0 atom stereocenters. The zero-order chi connectivity index (χ0) is 13.8. The molecule has 0 aliphatic heterocycles. The second kappa shape index (κ2) is 5.84. The van der Waals surface area contributed by atoms with E-state index in [1.165, 1.54) is 6.07 Å². The van der Waals surface area contributed by atoms with Gasteiger partial charge in [-0.3, -0.25) is 0 Å². The van der Waals surface area contributed by atoms with E-state index in [1.807, 2.05) is 25.1 Å². The van der Waals surface area contributed by atoms with Crippen LogP contribution in [0.2, 0.25) is 0 Å². The van der Waals surface area contributed by atoms with E-state index in [9.17, 15) is 4.39 Å². The van der Waals surface area contributed by atoms with Crippen molar-refractivity contribution in [1.82, 2.24) is 4.98 Å². The summed E-state index contributed by atoms with van der Waals surface area (Å²) in [4.78, 5) is 6.26. The number of fused-ring (bicyclic) bond motifs is 1. The molecule has 0 bridgehead atoms. The number of methoxy groups -OCH3 is 1. The van der Waals surface area contributed by atoms with Crippen molar-refractivity contribution in [3.63, 3.8) is 0 Å². The first kappa shape index (κ1) is 13.5. The molecule has 0 fully saturated rings. The van der Waals surface area contributed by atoms with Gasteiger partial charge in [-0.05, 0) is 6.07 Å². The van der Waals surface area contributed by atoms with Gasteiger partial charge in [0.1, 0.15) is 11.6 Å². The molecular weight excluding hydrogens is 245 g/mol. The Labute approximate surface area is 112 Å². The van der Waals surface area contributed by atoms with E-state index in [-0.39, 0.29) is 5.82 Å². The molecule has 0 radical (unpaired) electrons. The van der Waals surface area contributed by atoms with Crippen molar-refractivity contribution in [3.05, 3.63) is 30.2 Å². The van der Waals surface area contributed by atoms with Crippen LogP contribution >= 0.6 is 0 Å². The number of pyridine rings is 1. The highest BCUT2D eigenvalue weighted by Crippen LogP contribution is 2.31. The smallest absolute Gasteiger partial charge is 0.136 e. The van der Waals surface area contributed by atoms with Crippen LogP contribution in [0, 0.1) is 5.82 Å². The summed E-state index contributed by atoms with van der Waals surface area (Å²) in [6.07, 6.45) is 1.66. The molecule has 4 nitrogen and oxygen atoms in total. The van der Waals surface area contributed by atoms with E-state index >= 15 is 0 Å². The summed E-state index contributed by atoms with van der Waals surface area (Å²) in [5.41, 5.74) is 0.691. The fourth-order valence-corrected chi connectivity index (χ4v) is 2.02. The van der Waals surface area contributed by atoms with E-state index in [4.69, 9.17) is 4.74 Å². The van der Waals surface area contributed by atoms with Gasteiger partial charge in [0, 0.05) is 38.5 Å². The minimum Gasteiger partial charge on any atom is -0.383 e. The fourth-order valence-electron chi connectivity index (χ4n) is 2.02. The maximum absolute atomic E-state index is 14.1. The molecule has 2 rings (SSSR count). The molecule has 0 amide bonds. The molecule has 0 spiro atoms. The molecular formula is C14H18FN3O. The van der Waals surface area contributed by atoms with Crippen LogP contribution < -0.4 is 10.2 Å². The number of benzene rings is 1. The Hall–Kier alpha value is -1.88. The lowest BCUT2D eigenvalue weighted by atomic mass is 10.1. The Morgan fingerprint density at radius 1 is 1.37 bits per heavy atom. The summed E-state index contributed by atoms with van der Waals surface area (Å²) in [7, 11) is 5.42. The molecule has 102 valence electrons. The lowest BCUT2D eigenvalue weighted by Crippen LogP contribution is -2.13. The topological polar surface area (TPSA) is 37.4 Å². The summed E-state index contributed by atoms with van der Waals surface area (Å²) in [6.45, 7) is 1.17. The van der Waals surface area contributed by atoms with E-state index < -0.39 is 0 Å². The van der Waals surface area contributed by atoms with Gasteiger partial charge in [0.2, 0.25) is 0 Å². The third-order valence-electron chi connectivity index (χ3n) is 2.89. The Bertz CT molecular complexity index is 572. The van der Waals surface area contributed by atoms with E-state index in [2.05, 4.69) is 10.3 Å². The van der Waals surface area contributed by atoms with E-state index in [1.54, 1.807) is 19.4 Å². The fraction of sp³-hybridized carbons (Fsp3) is 0.357. The molecule has 1 aromatic carbocycles. The normalized spacial score (nSPS) is 10.7. The van der Waals surface area contributed by atoms with Crippen LogP contribution in [0.25, 0.3) is 10.8 Å². The molecule has 1 aromatic heterocycles. The summed E-state index contributed by atoms with van der Waals surface area (Å²) in [6, 6.07) is 5.04. The number of hydrogen-bond donors (Lipinski definition) is 1. The Morgan fingerprint density at radius 3 is 2.84 bits per heavy atom. The van der Waals surface area contributed by atoms with Gasteiger partial charge >= 0.3 is 0 Å². The number of nitrogens with zero attached hydrogens (tertiary/aromatic N) is 2. The highest BCUT2D eigenvalue weighted by Gasteiger charge is 2.12. The van der Waals surface area contributed by atoms with Crippen molar-refractivity contribution >= 4 is 22.3 Å². The van der Waals surface area contributed by atoms with Crippen molar-refractivity contribution in [1.29, 1.82) is 0 Å². The summed E-state index contributed by atoms with van der Waals surface area (Å²) in [5, 5.41) is 4.52. The number of anilines is 2. The zero-order valence-corrected chi connectivity index (χ0v) is 11.4. The Morgan fingerprint density at radius 2 is 2.16 bits per heavy atom. The summed E-state index contributed by atoms with van der Waals surface area (Å²) >= 11 is 0. The Kier molecular flexibility index (Phi) is 4.16. The van der Waals surface area contributed by atoms with Gasteiger partial charge in [0.05, 0.1) is 18.5 Å². The van der Waals surface area contributed by atoms with Crippen LogP contribution in [0.5, 0.6) is 0 Å². The van der Waals surface area contributed by atoms with Crippen LogP contribution in [-0.2, 0) is 4.74 Å². The first-order valence-corrected chi connectivity index (χ1v) is 6.12. The van der Waals surface area contributed by atoms with Crippen molar-refractivity contribution < 1.29 is 9.13 Å². The van der Waals surface area contributed by atoms with E-state index in [0.29, 0.717) is 24.2 Å². The minimum atomic E-state index is -0.247. The van der Waals surface area contributed by atoms with Crippen LogP contribution in [-0.4, -0.2) is 39.3 Å². The molecule has 0 aliphatic carbocycles. The number of nitrogens with one attached hydrogen (secondary N) is 1. The van der Waals surface area contributed by atoms with Crippen molar-refractivity contribution in [2.45, 2.75) is 0 Å². The number of aromatic nitrogens is 1. The SMILES string of the molecule is COCCNc1cnc(N(C)C)c2cccc(F)c12. The summed E-state index contributed by atoms with van der Waals surface area (Å²) < 4.78 is 19.1. The maximum Gasteiger partial charge on any atom is 0.136 e. The van der Waals surface area contributed by atoms with Gasteiger partial charge in [0.15, 0.2) is 0 Å². The van der Waals surface area contributed by atoms with Gasteiger partial charge < -0.3 is 15.0 Å². The monoisotopic (exact) mass is 263 g/mol. The standard InChI is InChI=1S/C14H18FN3O/c1-18(2)14-10-5-4-6-11(15)13(10)12(9-17-14)16-7-8-19-3/h4-6,9,16H,7-8H2,1-3H3. The molecule has 19 heavy (non-hydrogen) atoms. The highest BCUT2D eigenvalue weighted by atomic mass is 19.1. The van der Waals surface area contributed by atoms with Crippen molar-refractivity contribution in [2.75, 3.05) is 44.6 Å². The first-order chi connectivity index (χ1) is 9.15. The summed E-state index contributed by atoms with van der Waals surface area (Å²) in [5.74, 6) is 0.509. The number of hydrogen-bond acceptors (Lipinski definition) is 4. The van der Waals surface area contributed by atoms with Crippen LogP contribution in [0.1, 0.15) is 0 Å². The predicted octanol–water partition coefficient (Wildman–Crippen LogP) is 2.50. The van der Waals surface area contributed by atoms with Gasteiger partial charge in [0.25, 0.3) is 0 Å². The van der Waals surface area contributed by atoms with Gasteiger partial charge in [-0.1, -0.05) is 12.1 Å². The van der Waals surface area contributed by atoms with Crippen molar-refractivity contribution in [3.8, 4) is 0 Å². The molecule has 1 heterocycles. The molecule has 0 unspecified atom stereocenters. The van der Waals surface area contributed by atoms with Gasteiger partial charge in [-0.15, -0.1) is 0 Å². The van der Waals surface area contributed by atoms with Gasteiger partial charge in [-0.25, -0.2) is 9.37 Å². The molecule has 1 N–H and O–H groups in total. The lowest BCUT2D eigenvalue weighted by molar-refractivity contribution is 0.211. The zero-order valence-electron chi connectivity index (χ0n) is 11.4. The second-order valence-corrected chi connectivity index (χ2v) is 4.47. The third kappa shape index (κ3) is 2.76. The average Bonchev–Trinajstić information content (AvgIpc) is 2.38. The quantitative estimate of drug-likeness (QED) is 0.841. The van der Waals surface area contributed by atoms with E-state index in [0.717, 1.165) is 11.2 Å². The van der Waals surface area contributed by atoms with Crippen molar-refractivity contribution in [2.24, 2.45) is 0 Å². The largest absolute Gasteiger partial charge is 0.383 e. The number of halogens is 1. The molecule has 5 heteroatoms. The third-order valence-corrected chi connectivity index (χ3v) is 2.89. The molecule has 2 aromatic rings. The van der Waals surface area contributed by atoms with Crippen LogP contribution in [0.4, 0.5) is 15.9 Å². The molecule has 0 saturated carbocycles.